The molecule has 0 saturated carbocycles. The van der Waals surface area contributed by atoms with Crippen LogP contribution < -0.4 is 4.90 Å². The first-order chi connectivity index (χ1) is 7.18. The zero-order chi connectivity index (χ0) is 10.8. The molecule has 1 aromatic carbocycles. The van der Waals surface area contributed by atoms with Crippen LogP contribution in [-0.2, 0) is 4.79 Å². The van der Waals surface area contributed by atoms with Gasteiger partial charge in [-0.05, 0) is 31.9 Å². The molecule has 0 aromatic heterocycles. The van der Waals surface area contributed by atoms with Crippen LogP contribution in [0.3, 0.4) is 0 Å². The van der Waals surface area contributed by atoms with E-state index in [2.05, 4.69) is 22.9 Å². The van der Waals surface area contributed by atoms with Crippen LogP contribution in [0.2, 0.25) is 0 Å². The molecule has 1 aliphatic rings. The van der Waals surface area contributed by atoms with Crippen LogP contribution in [0.5, 0.6) is 0 Å². The lowest BCUT2D eigenvalue weighted by Gasteiger charge is -2.29. The molecule has 15 heavy (non-hydrogen) atoms. The average Bonchev–Trinajstić information content (AvgIpc) is 2.24. The maximum absolute atomic E-state index is 11.9. The fourth-order valence-electron chi connectivity index (χ4n) is 1.81. The molecule has 1 aromatic rings. The summed E-state index contributed by atoms with van der Waals surface area (Å²) in [5.41, 5.74) is 2.23. The zero-order valence-electron chi connectivity index (χ0n) is 8.74. The molecule has 1 aliphatic heterocycles. The molecule has 0 bridgehead atoms. The van der Waals surface area contributed by atoms with Crippen molar-refractivity contribution in [2.75, 3.05) is 11.4 Å². The Balaban J connectivity index is 2.22. The van der Waals surface area contributed by atoms with Crippen LogP contribution in [0.1, 0.15) is 18.4 Å². The van der Waals surface area contributed by atoms with Gasteiger partial charge in [-0.1, -0.05) is 33.6 Å². The number of anilines is 1. The summed E-state index contributed by atoms with van der Waals surface area (Å²) in [6.07, 6.45) is 2.01. The normalized spacial score (nSPS) is 21.9. The van der Waals surface area contributed by atoms with Gasteiger partial charge in [0.1, 0.15) is 0 Å². The lowest BCUT2D eigenvalue weighted by atomic mass is 10.1. The summed E-state index contributed by atoms with van der Waals surface area (Å²) in [6.45, 7) is 2.89. The second kappa shape index (κ2) is 4.35. The Labute approximate surface area is 98.4 Å². The van der Waals surface area contributed by atoms with Crippen LogP contribution in [0.25, 0.3) is 0 Å². The lowest BCUT2D eigenvalue weighted by Crippen LogP contribution is -2.41. The number of rotatable bonds is 1. The number of benzene rings is 1. The van der Waals surface area contributed by atoms with Gasteiger partial charge >= 0.3 is 0 Å². The quantitative estimate of drug-likeness (QED) is 0.717. The molecule has 0 N–H and O–H groups in total. The highest BCUT2D eigenvalue weighted by molar-refractivity contribution is 9.10. The molecule has 0 aliphatic carbocycles. The van der Waals surface area contributed by atoms with Gasteiger partial charge in [-0.25, -0.2) is 0 Å². The summed E-state index contributed by atoms with van der Waals surface area (Å²) < 4.78 is 0. The van der Waals surface area contributed by atoms with E-state index in [-0.39, 0.29) is 10.7 Å². The fourth-order valence-corrected chi connectivity index (χ4v) is 2.38. The van der Waals surface area contributed by atoms with Crippen molar-refractivity contribution in [3.8, 4) is 0 Å². The van der Waals surface area contributed by atoms with Crippen LogP contribution in [0.4, 0.5) is 5.69 Å². The van der Waals surface area contributed by atoms with Gasteiger partial charge in [0.25, 0.3) is 0 Å². The van der Waals surface area contributed by atoms with E-state index in [1.54, 1.807) is 0 Å². The average molecular weight is 268 g/mol. The predicted octanol–water partition coefficient (Wildman–Crippen LogP) is 2.89. The predicted molar refractivity (Wildman–Crippen MR) is 65.5 cm³/mol. The second-order valence-corrected chi connectivity index (χ2v) is 5.04. The van der Waals surface area contributed by atoms with Gasteiger partial charge < -0.3 is 4.90 Å². The molecular formula is C12H14BrNO. The van der Waals surface area contributed by atoms with Gasteiger partial charge in [0.15, 0.2) is 0 Å². The van der Waals surface area contributed by atoms with Crippen LogP contribution in [0, 0.1) is 6.92 Å². The maximum atomic E-state index is 11.9. The van der Waals surface area contributed by atoms with Gasteiger partial charge in [0.2, 0.25) is 5.91 Å². The first-order valence-electron chi connectivity index (χ1n) is 5.20. The number of nitrogens with zero attached hydrogens (tertiary/aromatic N) is 1. The molecular weight excluding hydrogens is 254 g/mol. The van der Waals surface area contributed by atoms with Crippen molar-refractivity contribution in [1.82, 2.24) is 0 Å². The van der Waals surface area contributed by atoms with Crippen molar-refractivity contribution in [3.63, 3.8) is 0 Å². The Morgan fingerprint density at radius 3 is 2.67 bits per heavy atom. The van der Waals surface area contributed by atoms with E-state index in [0.717, 1.165) is 25.1 Å². The zero-order valence-corrected chi connectivity index (χ0v) is 10.3. The summed E-state index contributed by atoms with van der Waals surface area (Å²) in [5.74, 6) is 0.185. The second-order valence-electron chi connectivity index (χ2n) is 3.94. The Morgan fingerprint density at radius 2 is 2.00 bits per heavy atom. The maximum Gasteiger partial charge on any atom is 0.240 e. The van der Waals surface area contributed by atoms with Gasteiger partial charge in [0, 0.05) is 12.2 Å². The topological polar surface area (TPSA) is 20.3 Å². The molecule has 80 valence electrons. The summed E-state index contributed by atoms with van der Waals surface area (Å²) in [6, 6.07) is 8.11. The third-order valence-corrected chi connectivity index (χ3v) is 3.57. The van der Waals surface area contributed by atoms with E-state index in [1.807, 2.05) is 29.2 Å². The third-order valence-electron chi connectivity index (χ3n) is 2.72. The number of aryl methyl sites for hydroxylation is 1. The first-order valence-corrected chi connectivity index (χ1v) is 6.12. The number of piperidine rings is 1. The third kappa shape index (κ3) is 2.23. The highest BCUT2D eigenvalue weighted by Gasteiger charge is 2.27. The largest absolute Gasteiger partial charge is 0.311 e. The van der Waals surface area contributed by atoms with Crippen molar-refractivity contribution in [2.45, 2.75) is 24.6 Å². The van der Waals surface area contributed by atoms with Crippen molar-refractivity contribution < 1.29 is 4.79 Å². The monoisotopic (exact) mass is 267 g/mol. The molecule has 1 unspecified atom stereocenters. The lowest BCUT2D eigenvalue weighted by molar-refractivity contribution is -0.118. The molecule has 1 heterocycles. The van der Waals surface area contributed by atoms with Crippen LogP contribution in [-0.4, -0.2) is 17.3 Å². The highest BCUT2D eigenvalue weighted by atomic mass is 79.9. The van der Waals surface area contributed by atoms with E-state index in [4.69, 9.17) is 0 Å². The minimum Gasteiger partial charge on any atom is -0.311 e. The van der Waals surface area contributed by atoms with Crippen molar-refractivity contribution in [3.05, 3.63) is 29.8 Å². The Morgan fingerprint density at radius 1 is 1.33 bits per heavy atom. The van der Waals surface area contributed by atoms with Crippen LogP contribution in [0.15, 0.2) is 24.3 Å². The molecule has 0 spiro atoms. The molecule has 1 saturated heterocycles. The molecule has 1 atom stereocenters. The van der Waals surface area contributed by atoms with Crippen molar-refractivity contribution in [1.29, 1.82) is 0 Å². The molecule has 0 radical (unpaired) electrons. The van der Waals surface area contributed by atoms with E-state index in [9.17, 15) is 4.79 Å². The Kier molecular flexibility index (Phi) is 3.10. The van der Waals surface area contributed by atoms with Gasteiger partial charge in [-0.15, -0.1) is 0 Å². The molecule has 1 amide bonds. The SMILES string of the molecule is Cc1ccc(N2CCCC(Br)C2=O)cc1. The Bertz CT molecular complexity index is 360. The number of halogens is 1. The summed E-state index contributed by atoms with van der Waals surface area (Å²) in [4.78, 5) is 13.7. The van der Waals surface area contributed by atoms with Gasteiger partial charge in [-0.2, -0.15) is 0 Å². The Hall–Kier alpha value is -0.830. The van der Waals surface area contributed by atoms with Crippen molar-refractivity contribution in [2.24, 2.45) is 0 Å². The number of hydrogen-bond donors (Lipinski definition) is 0. The fraction of sp³-hybridized carbons (Fsp3) is 0.417. The minimum atomic E-state index is -0.00690. The summed E-state index contributed by atoms with van der Waals surface area (Å²) >= 11 is 3.41. The van der Waals surface area contributed by atoms with E-state index in [1.165, 1.54) is 5.56 Å². The molecule has 1 fully saturated rings. The van der Waals surface area contributed by atoms with Gasteiger partial charge in [-0.3, -0.25) is 4.79 Å². The number of amides is 1. The standard InChI is InChI=1S/C12H14BrNO/c1-9-4-6-10(7-5-9)14-8-2-3-11(13)12(14)15/h4-7,11H,2-3,8H2,1H3. The number of carbonyl (C=O) groups is 1. The molecule has 3 heteroatoms. The van der Waals surface area contributed by atoms with Crippen molar-refractivity contribution >= 4 is 27.5 Å². The smallest absolute Gasteiger partial charge is 0.240 e. The summed E-state index contributed by atoms with van der Waals surface area (Å²) in [7, 11) is 0. The molecule has 2 nitrogen and oxygen atoms in total. The van der Waals surface area contributed by atoms with Crippen LogP contribution >= 0.6 is 15.9 Å². The summed E-state index contributed by atoms with van der Waals surface area (Å²) in [5, 5.41) is 0. The van der Waals surface area contributed by atoms with Gasteiger partial charge in [0.05, 0.1) is 4.83 Å². The number of hydrogen-bond acceptors (Lipinski definition) is 1. The van der Waals surface area contributed by atoms with E-state index in [0.29, 0.717) is 0 Å². The molecule has 2 rings (SSSR count). The van der Waals surface area contributed by atoms with E-state index >= 15 is 0 Å². The van der Waals surface area contributed by atoms with E-state index < -0.39 is 0 Å². The minimum absolute atomic E-state index is 0.00690. The highest BCUT2D eigenvalue weighted by Crippen LogP contribution is 2.24. The number of carbonyl (C=O) groups excluding carboxylic acids is 1. The first kappa shape index (κ1) is 10.7. The number of alkyl halides is 1.